The lowest BCUT2D eigenvalue weighted by Crippen LogP contribution is -2.29. The van der Waals surface area contributed by atoms with Crippen LogP contribution in [0.5, 0.6) is 0 Å². The van der Waals surface area contributed by atoms with Crippen LogP contribution < -0.4 is 10.6 Å². The third-order valence-corrected chi connectivity index (χ3v) is 6.04. The molecule has 21 heavy (non-hydrogen) atoms. The molecule has 5 nitrogen and oxygen atoms in total. The van der Waals surface area contributed by atoms with E-state index in [4.69, 9.17) is 5.73 Å². The molecule has 116 valence electrons. The van der Waals surface area contributed by atoms with Crippen LogP contribution in [0.3, 0.4) is 0 Å². The highest BCUT2D eigenvalue weighted by Crippen LogP contribution is 2.40. The van der Waals surface area contributed by atoms with E-state index in [1.54, 1.807) is 12.1 Å². The lowest BCUT2D eigenvalue weighted by Gasteiger charge is -2.26. The lowest BCUT2D eigenvalue weighted by atomic mass is 10.2. The van der Waals surface area contributed by atoms with Gasteiger partial charge in [-0.2, -0.15) is 0 Å². The average Bonchev–Trinajstić information content (AvgIpc) is 3.28. The van der Waals surface area contributed by atoms with Gasteiger partial charge in [-0.05, 0) is 49.8 Å². The minimum absolute atomic E-state index is 0.260. The molecule has 0 atom stereocenters. The topological polar surface area (TPSA) is 66.6 Å². The monoisotopic (exact) mass is 309 g/mol. The van der Waals surface area contributed by atoms with Gasteiger partial charge < -0.3 is 10.6 Å². The first-order valence-electron chi connectivity index (χ1n) is 7.48. The van der Waals surface area contributed by atoms with E-state index in [0.717, 1.165) is 18.2 Å². The van der Waals surface area contributed by atoms with Crippen LogP contribution in [0.1, 0.15) is 25.7 Å². The maximum atomic E-state index is 12.2. The molecule has 2 fully saturated rings. The number of anilines is 2. The van der Waals surface area contributed by atoms with E-state index >= 15 is 0 Å². The molecular formula is C15H23N3O2S. The molecule has 0 amide bonds. The fourth-order valence-corrected chi connectivity index (χ4v) is 3.51. The third kappa shape index (κ3) is 3.01. The molecule has 0 aliphatic heterocycles. The molecule has 0 heterocycles. The van der Waals surface area contributed by atoms with Crippen molar-refractivity contribution in [1.29, 1.82) is 0 Å². The average molecular weight is 309 g/mol. The van der Waals surface area contributed by atoms with Crippen LogP contribution in [0.4, 0.5) is 11.4 Å². The first-order chi connectivity index (χ1) is 9.89. The number of sulfonamides is 1. The number of rotatable bonds is 6. The van der Waals surface area contributed by atoms with E-state index in [0.29, 0.717) is 11.7 Å². The molecule has 2 aliphatic carbocycles. The van der Waals surface area contributed by atoms with Crippen molar-refractivity contribution in [1.82, 2.24) is 4.31 Å². The molecule has 0 unspecified atom stereocenters. The van der Waals surface area contributed by atoms with Gasteiger partial charge in [0, 0.05) is 26.7 Å². The second-order valence-electron chi connectivity index (χ2n) is 6.33. The largest absolute Gasteiger partial charge is 0.397 e. The van der Waals surface area contributed by atoms with E-state index in [-0.39, 0.29) is 4.90 Å². The van der Waals surface area contributed by atoms with Crippen molar-refractivity contribution in [3.05, 3.63) is 18.2 Å². The Morgan fingerprint density at radius 1 is 1.19 bits per heavy atom. The second-order valence-corrected chi connectivity index (χ2v) is 8.49. The van der Waals surface area contributed by atoms with Crippen LogP contribution in [0, 0.1) is 5.92 Å². The molecule has 1 aromatic rings. The SMILES string of the molecule is CN(C)S(=O)(=O)c1ccc(N(CC2CC2)C2CC2)c(N)c1. The van der Waals surface area contributed by atoms with Gasteiger partial charge in [0.25, 0.3) is 0 Å². The van der Waals surface area contributed by atoms with Gasteiger partial charge in [-0.1, -0.05) is 0 Å². The first kappa shape index (κ1) is 14.7. The molecule has 0 saturated heterocycles. The standard InChI is InChI=1S/C15H23N3O2S/c1-17(2)21(19,20)13-7-8-15(14(16)9-13)18(12-5-6-12)10-11-3-4-11/h7-9,11-12H,3-6,10,16H2,1-2H3. The van der Waals surface area contributed by atoms with Crippen LogP contribution in [0.25, 0.3) is 0 Å². The molecule has 2 N–H and O–H groups in total. The van der Waals surface area contributed by atoms with Gasteiger partial charge in [-0.15, -0.1) is 0 Å². The Bertz CT molecular complexity index is 634. The van der Waals surface area contributed by atoms with E-state index in [2.05, 4.69) is 4.90 Å². The van der Waals surface area contributed by atoms with Crippen LogP contribution in [0.2, 0.25) is 0 Å². The van der Waals surface area contributed by atoms with Gasteiger partial charge >= 0.3 is 0 Å². The molecule has 0 aromatic heterocycles. The Hall–Kier alpha value is -1.27. The summed E-state index contributed by atoms with van der Waals surface area (Å²) in [5, 5.41) is 0. The van der Waals surface area contributed by atoms with Crippen molar-refractivity contribution >= 4 is 21.4 Å². The summed E-state index contributed by atoms with van der Waals surface area (Å²) < 4.78 is 25.5. The summed E-state index contributed by atoms with van der Waals surface area (Å²) >= 11 is 0. The third-order valence-electron chi connectivity index (χ3n) is 4.23. The summed E-state index contributed by atoms with van der Waals surface area (Å²) in [4.78, 5) is 2.63. The number of hydrogen-bond acceptors (Lipinski definition) is 4. The minimum atomic E-state index is -3.42. The minimum Gasteiger partial charge on any atom is -0.397 e. The highest BCUT2D eigenvalue weighted by Gasteiger charge is 2.34. The van der Waals surface area contributed by atoms with Crippen molar-refractivity contribution in [3.63, 3.8) is 0 Å². The summed E-state index contributed by atoms with van der Waals surface area (Å²) in [5.74, 6) is 0.787. The predicted octanol–water partition coefficient (Wildman–Crippen LogP) is 1.90. The molecule has 0 bridgehead atoms. The van der Waals surface area contributed by atoms with E-state index < -0.39 is 10.0 Å². The summed E-state index contributed by atoms with van der Waals surface area (Å²) in [5.41, 5.74) is 7.70. The smallest absolute Gasteiger partial charge is 0.242 e. The number of nitrogens with zero attached hydrogens (tertiary/aromatic N) is 2. The van der Waals surface area contributed by atoms with Crippen LogP contribution in [0.15, 0.2) is 23.1 Å². The summed E-state index contributed by atoms with van der Waals surface area (Å²) in [6.07, 6.45) is 5.03. The van der Waals surface area contributed by atoms with Crippen molar-refractivity contribution in [2.75, 3.05) is 31.3 Å². The highest BCUT2D eigenvalue weighted by atomic mass is 32.2. The molecular weight excluding hydrogens is 286 g/mol. The Balaban J connectivity index is 1.89. The fraction of sp³-hybridized carbons (Fsp3) is 0.600. The van der Waals surface area contributed by atoms with Gasteiger partial charge in [0.05, 0.1) is 16.3 Å². The molecule has 0 spiro atoms. The van der Waals surface area contributed by atoms with Crippen molar-refractivity contribution < 1.29 is 8.42 Å². The molecule has 1 aromatic carbocycles. The van der Waals surface area contributed by atoms with Crippen molar-refractivity contribution in [3.8, 4) is 0 Å². The normalized spacial score (nSPS) is 19.0. The zero-order valence-electron chi connectivity index (χ0n) is 12.6. The highest BCUT2D eigenvalue weighted by molar-refractivity contribution is 7.89. The maximum Gasteiger partial charge on any atom is 0.242 e. The van der Waals surface area contributed by atoms with Gasteiger partial charge in [0.15, 0.2) is 0 Å². The Kier molecular flexibility index (Phi) is 3.61. The quantitative estimate of drug-likeness (QED) is 0.815. The number of nitrogen functional groups attached to an aromatic ring is 1. The van der Waals surface area contributed by atoms with Crippen LogP contribution >= 0.6 is 0 Å². The Morgan fingerprint density at radius 3 is 2.33 bits per heavy atom. The summed E-state index contributed by atoms with van der Waals surface area (Å²) in [6.45, 7) is 1.05. The number of hydrogen-bond donors (Lipinski definition) is 1. The zero-order valence-corrected chi connectivity index (χ0v) is 13.4. The lowest BCUT2D eigenvalue weighted by molar-refractivity contribution is 0.521. The van der Waals surface area contributed by atoms with Gasteiger partial charge in [-0.25, -0.2) is 12.7 Å². The molecule has 0 radical (unpaired) electrons. The Morgan fingerprint density at radius 2 is 1.86 bits per heavy atom. The summed E-state index contributed by atoms with van der Waals surface area (Å²) in [6, 6.07) is 5.71. The predicted molar refractivity (Wildman–Crippen MR) is 84.8 cm³/mol. The van der Waals surface area contributed by atoms with Gasteiger partial charge in [0.2, 0.25) is 10.0 Å². The maximum absolute atomic E-state index is 12.2. The first-order valence-corrected chi connectivity index (χ1v) is 8.92. The summed E-state index contributed by atoms with van der Waals surface area (Å²) in [7, 11) is -0.361. The van der Waals surface area contributed by atoms with Crippen molar-refractivity contribution in [2.45, 2.75) is 36.6 Å². The number of benzene rings is 1. The van der Waals surface area contributed by atoms with Gasteiger partial charge in [-0.3, -0.25) is 0 Å². The second kappa shape index (κ2) is 5.18. The van der Waals surface area contributed by atoms with Gasteiger partial charge in [0.1, 0.15) is 0 Å². The molecule has 6 heteroatoms. The molecule has 2 saturated carbocycles. The number of nitrogens with two attached hydrogens (primary N) is 1. The Labute approximate surface area is 126 Å². The van der Waals surface area contributed by atoms with E-state index in [1.165, 1.54) is 44.1 Å². The van der Waals surface area contributed by atoms with E-state index in [9.17, 15) is 8.42 Å². The van der Waals surface area contributed by atoms with E-state index in [1.807, 2.05) is 6.07 Å². The fourth-order valence-electron chi connectivity index (χ4n) is 2.57. The van der Waals surface area contributed by atoms with Crippen LogP contribution in [-0.4, -0.2) is 39.4 Å². The zero-order chi connectivity index (χ0) is 15.2. The molecule has 3 rings (SSSR count). The van der Waals surface area contributed by atoms with Crippen LogP contribution in [-0.2, 0) is 10.0 Å². The molecule has 2 aliphatic rings. The van der Waals surface area contributed by atoms with Crippen molar-refractivity contribution in [2.24, 2.45) is 5.92 Å².